The molecule has 5 rings (SSSR count). The Morgan fingerprint density at radius 1 is 1.16 bits per heavy atom. The Labute approximate surface area is 183 Å². The van der Waals surface area contributed by atoms with Crippen molar-refractivity contribution in [1.29, 1.82) is 0 Å². The highest BCUT2D eigenvalue weighted by molar-refractivity contribution is 5.98. The lowest BCUT2D eigenvalue weighted by Gasteiger charge is -2.66. The van der Waals surface area contributed by atoms with Gasteiger partial charge in [-0.15, -0.1) is 0 Å². The number of hydrogen-bond donors (Lipinski definition) is 2. The van der Waals surface area contributed by atoms with Crippen LogP contribution in [0.4, 0.5) is 0 Å². The smallest absolute Gasteiger partial charge is 0.161 e. The van der Waals surface area contributed by atoms with Crippen LogP contribution in [0.25, 0.3) is 0 Å². The molecule has 5 nitrogen and oxygen atoms in total. The minimum atomic E-state index is -1.17. The Morgan fingerprint density at radius 3 is 2.55 bits per heavy atom. The number of allylic oxidation sites excluding steroid dienone is 3. The second kappa shape index (κ2) is 6.29. The highest BCUT2D eigenvalue weighted by Crippen LogP contribution is 2.72. The van der Waals surface area contributed by atoms with Crippen molar-refractivity contribution in [2.45, 2.75) is 65.1 Å². The number of carbonyl (C=O) groups excluding carboxylic acids is 2. The number of ketones is 1. The molecule has 2 saturated carbocycles. The summed E-state index contributed by atoms with van der Waals surface area (Å²) in [4.78, 5) is 25.5. The van der Waals surface area contributed by atoms with Crippen LogP contribution in [0.2, 0.25) is 0 Å². The fourth-order valence-corrected chi connectivity index (χ4v) is 8.36. The molecule has 5 heteroatoms. The summed E-state index contributed by atoms with van der Waals surface area (Å²) in [6.07, 6.45) is 9.95. The van der Waals surface area contributed by atoms with Crippen molar-refractivity contribution < 1.29 is 24.2 Å². The van der Waals surface area contributed by atoms with Gasteiger partial charge in [0.05, 0.1) is 24.7 Å². The van der Waals surface area contributed by atoms with Gasteiger partial charge in [0.1, 0.15) is 6.29 Å². The topological polar surface area (TPSA) is 87.7 Å². The van der Waals surface area contributed by atoms with Gasteiger partial charge < -0.3 is 19.4 Å². The van der Waals surface area contributed by atoms with Gasteiger partial charge in [-0.1, -0.05) is 38.5 Å². The molecule has 9 unspecified atom stereocenters. The molecule has 0 aromatic carbocycles. The fraction of sp³-hybridized carbons (Fsp3) is 0.615. The number of fused-ring (bicyclic) bond motifs is 5. The number of hydrogen-bond acceptors (Lipinski definition) is 5. The normalized spacial score (nSPS) is 51.0. The first-order chi connectivity index (χ1) is 14.5. The van der Waals surface area contributed by atoms with Crippen molar-refractivity contribution in [1.82, 2.24) is 0 Å². The zero-order chi connectivity index (χ0) is 22.4. The van der Waals surface area contributed by atoms with Gasteiger partial charge in [-0.3, -0.25) is 4.79 Å². The summed E-state index contributed by atoms with van der Waals surface area (Å²) in [5.41, 5.74) is -0.552. The van der Waals surface area contributed by atoms with Crippen LogP contribution < -0.4 is 0 Å². The highest BCUT2D eigenvalue weighted by atomic mass is 16.3. The summed E-state index contributed by atoms with van der Waals surface area (Å²) in [7, 11) is 0. The molecule has 0 saturated heterocycles. The Hall–Kier alpha value is -1.98. The first-order valence-corrected chi connectivity index (χ1v) is 11.3. The summed E-state index contributed by atoms with van der Waals surface area (Å²) in [5.74, 6) is -0.620. The maximum atomic E-state index is 13.4. The summed E-state index contributed by atoms with van der Waals surface area (Å²) >= 11 is 0. The molecule has 1 heterocycles. The second-order valence-corrected chi connectivity index (χ2v) is 11.1. The van der Waals surface area contributed by atoms with Gasteiger partial charge in [0, 0.05) is 22.2 Å². The van der Waals surface area contributed by atoms with E-state index in [2.05, 4.69) is 13.0 Å². The van der Waals surface area contributed by atoms with Gasteiger partial charge in [0.15, 0.2) is 5.78 Å². The molecule has 0 spiro atoms. The molecule has 0 bridgehead atoms. The van der Waals surface area contributed by atoms with Gasteiger partial charge in [-0.05, 0) is 61.1 Å². The van der Waals surface area contributed by atoms with E-state index in [4.69, 9.17) is 4.42 Å². The zero-order valence-electron chi connectivity index (χ0n) is 18.7. The summed E-state index contributed by atoms with van der Waals surface area (Å²) in [6, 6.07) is 2.01. The number of furan rings is 1. The molecule has 0 radical (unpaired) electrons. The van der Waals surface area contributed by atoms with Gasteiger partial charge in [-0.2, -0.15) is 0 Å². The first-order valence-electron chi connectivity index (χ1n) is 11.3. The van der Waals surface area contributed by atoms with Gasteiger partial charge in [-0.25, -0.2) is 0 Å². The Balaban J connectivity index is 1.66. The van der Waals surface area contributed by atoms with Gasteiger partial charge >= 0.3 is 0 Å². The Bertz CT molecular complexity index is 991. The van der Waals surface area contributed by atoms with E-state index in [0.717, 1.165) is 36.7 Å². The fourth-order valence-electron chi connectivity index (χ4n) is 8.36. The molecule has 0 aliphatic heterocycles. The third-order valence-corrected chi connectivity index (χ3v) is 9.84. The van der Waals surface area contributed by atoms with Gasteiger partial charge in [0.25, 0.3) is 0 Å². The molecule has 2 N–H and O–H groups in total. The maximum Gasteiger partial charge on any atom is 0.161 e. The summed E-state index contributed by atoms with van der Waals surface area (Å²) in [6.45, 7) is 7.95. The molecule has 2 fully saturated rings. The molecule has 4 aliphatic carbocycles. The van der Waals surface area contributed by atoms with E-state index >= 15 is 0 Å². The van der Waals surface area contributed by atoms with E-state index in [1.165, 1.54) is 6.08 Å². The van der Waals surface area contributed by atoms with Crippen LogP contribution in [0.5, 0.6) is 0 Å². The van der Waals surface area contributed by atoms with Crippen LogP contribution >= 0.6 is 0 Å². The number of rotatable bonds is 2. The van der Waals surface area contributed by atoms with Crippen molar-refractivity contribution in [3.8, 4) is 0 Å². The number of aliphatic hydroxyl groups is 2. The highest BCUT2D eigenvalue weighted by Gasteiger charge is 2.72. The first kappa shape index (κ1) is 20.9. The molecule has 0 amide bonds. The minimum absolute atomic E-state index is 0.0485. The molecule has 166 valence electrons. The van der Waals surface area contributed by atoms with Crippen molar-refractivity contribution in [2.24, 2.45) is 33.5 Å². The van der Waals surface area contributed by atoms with Crippen LogP contribution in [0.15, 0.2) is 46.8 Å². The average Bonchev–Trinajstić information content (AvgIpc) is 3.37. The van der Waals surface area contributed by atoms with Crippen molar-refractivity contribution in [3.05, 3.63) is 48.0 Å². The molecule has 9 atom stereocenters. The van der Waals surface area contributed by atoms with Crippen LogP contribution in [0.1, 0.15) is 58.4 Å². The molecule has 1 aromatic rings. The van der Waals surface area contributed by atoms with Crippen molar-refractivity contribution in [2.75, 3.05) is 0 Å². The van der Waals surface area contributed by atoms with Crippen LogP contribution in [-0.4, -0.2) is 34.5 Å². The van der Waals surface area contributed by atoms with E-state index in [9.17, 15) is 19.8 Å². The van der Waals surface area contributed by atoms with Gasteiger partial charge in [0.2, 0.25) is 0 Å². The molecular weight excluding hydrogens is 392 g/mol. The predicted octanol–water partition coefficient (Wildman–Crippen LogP) is 3.82. The zero-order valence-corrected chi connectivity index (χ0v) is 18.7. The molecule has 31 heavy (non-hydrogen) atoms. The number of aliphatic hydroxyl groups excluding tert-OH is 2. The van der Waals surface area contributed by atoms with E-state index in [1.807, 2.05) is 19.9 Å². The van der Waals surface area contributed by atoms with E-state index in [0.29, 0.717) is 0 Å². The lowest BCUT2D eigenvalue weighted by atomic mass is 9.37. The minimum Gasteiger partial charge on any atom is -0.472 e. The van der Waals surface area contributed by atoms with E-state index in [1.54, 1.807) is 25.5 Å². The summed E-state index contributed by atoms with van der Waals surface area (Å²) < 4.78 is 5.36. The van der Waals surface area contributed by atoms with E-state index < -0.39 is 34.4 Å². The summed E-state index contributed by atoms with van der Waals surface area (Å²) in [5, 5.41) is 23.1. The predicted molar refractivity (Wildman–Crippen MR) is 115 cm³/mol. The van der Waals surface area contributed by atoms with Crippen molar-refractivity contribution >= 4 is 12.1 Å². The molecule has 4 aliphatic rings. The SMILES string of the molecule is CC1(C=O)C=CC(=O)C2(C)C1C(O)C(O)C1(C)C3=CCC(c4ccoc4)C3(C)CCC12. The van der Waals surface area contributed by atoms with Crippen molar-refractivity contribution in [3.63, 3.8) is 0 Å². The monoisotopic (exact) mass is 424 g/mol. The third-order valence-electron chi connectivity index (χ3n) is 9.84. The maximum absolute atomic E-state index is 13.4. The largest absolute Gasteiger partial charge is 0.472 e. The van der Waals surface area contributed by atoms with Crippen LogP contribution in [0, 0.1) is 33.5 Å². The molecule has 1 aromatic heterocycles. The third kappa shape index (κ3) is 2.29. The lowest BCUT2D eigenvalue weighted by molar-refractivity contribution is -0.220. The van der Waals surface area contributed by atoms with Crippen LogP contribution in [0.3, 0.4) is 0 Å². The standard InChI is InChI=1S/C26H32O5/c1-23(14-27)10-8-19(28)26(4)18-7-11-24(2)16(15-9-12-31-13-15)5-6-17(24)25(18,3)22(30)20(29)21(23)26/h6,8-10,12-14,16,18,20-22,29-30H,5,7,11H2,1-4H3. The number of carbonyl (C=O) groups is 2. The van der Waals surface area contributed by atoms with Crippen LogP contribution in [-0.2, 0) is 9.59 Å². The lowest BCUT2D eigenvalue weighted by Crippen LogP contribution is -2.71. The average molecular weight is 425 g/mol. The quantitative estimate of drug-likeness (QED) is 0.557. The Kier molecular flexibility index (Phi) is 4.24. The second-order valence-electron chi connectivity index (χ2n) is 11.1. The molecular formula is C26H32O5. The Morgan fingerprint density at radius 2 is 1.90 bits per heavy atom. The number of aldehydes is 1. The van der Waals surface area contributed by atoms with E-state index in [-0.39, 0.29) is 23.0 Å².